The van der Waals surface area contributed by atoms with Gasteiger partial charge in [0.15, 0.2) is 5.75 Å². The summed E-state index contributed by atoms with van der Waals surface area (Å²) in [5.41, 5.74) is 0.510. The van der Waals surface area contributed by atoms with Crippen molar-refractivity contribution in [3.63, 3.8) is 0 Å². The van der Waals surface area contributed by atoms with Crippen LogP contribution in [-0.4, -0.2) is 19.4 Å². The number of phenols is 1. The number of hydrogen-bond acceptors (Lipinski definition) is 5. The average Bonchev–Trinajstić information content (AvgIpc) is 2.89. The van der Waals surface area contributed by atoms with Gasteiger partial charge in [-0.2, -0.15) is 0 Å². The predicted molar refractivity (Wildman–Crippen MR) is 136 cm³/mol. The van der Waals surface area contributed by atoms with Crippen molar-refractivity contribution >= 4 is 48.9 Å². The molecule has 0 atom stereocenters. The van der Waals surface area contributed by atoms with Gasteiger partial charge >= 0.3 is 0 Å². The van der Waals surface area contributed by atoms with Crippen LogP contribution in [0.3, 0.4) is 0 Å². The number of aromatic hydroxyl groups is 1. The van der Waals surface area contributed by atoms with Crippen molar-refractivity contribution in [3.8, 4) is 5.75 Å². The Hall–Kier alpha value is -4.56. The Balaban J connectivity index is 1.53. The summed E-state index contributed by atoms with van der Waals surface area (Å²) >= 11 is 0. The molecule has 0 fully saturated rings. The van der Waals surface area contributed by atoms with E-state index in [2.05, 4.69) is 15.0 Å². The first-order valence-electron chi connectivity index (χ1n) is 10.7. The second kappa shape index (κ2) is 9.00. The smallest absolute Gasteiger partial charge is 0.295 e. The molecule has 0 saturated heterocycles. The van der Waals surface area contributed by atoms with Crippen molar-refractivity contribution in [1.82, 2.24) is 0 Å². The van der Waals surface area contributed by atoms with Crippen LogP contribution in [0.2, 0.25) is 0 Å². The molecular weight excluding hydrogens is 462 g/mol. The van der Waals surface area contributed by atoms with Crippen LogP contribution in [0.15, 0.2) is 118 Å². The third-order valence-corrected chi connectivity index (χ3v) is 6.92. The number of nitrogens with zero attached hydrogens (tertiary/aromatic N) is 2. The molecule has 0 unspecified atom stereocenters. The Morgan fingerprint density at radius 2 is 1.40 bits per heavy atom. The molecule has 0 aliphatic carbocycles. The average molecular weight is 482 g/mol. The lowest BCUT2D eigenvalue weighted by atomic mass is 10.1. The van der Waals surface area contributed by atoms with Crippen molar-refractivity contribution in [1.29, 1.82) is 0 Å². The van der Waals surface area contributed by atoms with Gasteiger partial charge in [0.25, 0.3) is 15.9 Å². The molecule has 2 N–H and O–H groups in total. The lowest BCUT2D eigenvalue weighted by Gasteiger charge is -2.13. The SMILES string of the molecule is O=C(N=Nc1cc(NS(=O)(=O)c2ccccc2)c2ccccc2c1O)c1ccc2ccccc2c1. The van der Waals surface area contributed by atoms with E-state index >= 15 is 0 Å². The highest BCUT2D eigenvalue weighted by Gasteiger charge is 2.18. The number of azo groups is 1. The highest BCUT2D eigenvalue weighted by atomic mass is 32.2. The molecule has 172 valence electrons. The molecule has 0 spiro atoms. The summed E-state index contributed by atoms with van der Waals surface area (Å²) in [5.74, 6) is -0.798. The lowest BCUT2D eigenvalue weighted by molar-refractivity contribution is 0.0995. The molecule has 1 amide bonds. The Kier molecular flexibility index (Phi) is 5.72. The Morgan fingerprint density at radius 1 is 0.743 bits per heavy atom. The van der Waals surface area contributed by atoms with E-state index in [1.165, 1.54) is 18.2 Å². The van der Waals surface area contributed by atoms with Crippen molar-refractivity contribution in [2.24, 2.45) is 10.2 Å². The highest BCUT2D eigenvalue weighted by molar-refractivity contribution is 7.92. The molecule has 0 aliphatic rings. The second-order valence-corrected chi connectivity index (χ2v) is 9.51. The number of sulfonamides is 1. The van der Waals surface area contributed by atoms with E-state index in [0.29, 0.717) is 16.3 Å². The summed E-state index contributed by atoms with van der Waals surface area (Å²) in [6, 6.07) is 28.9. The summed E-state index contributed by atoms with van der Waals surface area (Å²) < 4.78 is 28.4. The van der Waals surface area contributed by atoms with Crippen LogP contribution in [0.4, 0.5) is 11.4 Å². The molecule has 5 rings (SSSR count). The van der Waals surface area contributed by atoms with Gasteiger partial charge in [-0.15, -0.1) is 10.2 Å². The van der Waals surface area contributed by atoms with Crippen LogP contribution in [0, 0.1) is 0 Å². The summed E-state index contributed by atoms with van der Waals surface area (Å²) in [6.45, 7) is 0. The molecule has 5 aromatic carbocycles. The van der Waals surface area contributed by atoms with Crippen LogP contribution in [-0.2, 0) is 10.0 Å². The first-order valence-corrected chi connectivity index (χ1v) is 12.2. The van der Waals surface area contributed by atoms with E-state index < -0.39 is 15.9 Å². The van der Waals surface area contributed by atoms with Crippen LogP contribution >= 0.6 is 0 Å². The topological polar surface area (TPSA) is 108 Å². The Morgan fingerprint density at radius 3 is 2.17 bits per heavy atom. The van der Waals surface area contributed by atoms with Gasteiger partial charge in [0.1, 0.15) is 5.69 Å². The first kappa shape index (κ1) is 22.2. The molecular formula is C27H19N3O4S. The van der Waals surface area contributed by atoms with Gasteiger partial charge in [-0.05, 0) is 41.1 Å². The largest absolute Gasteiger partial charge is 0.505 e. The fraction of sp³-hybridized carbons (Fsp3) is 0. The zero-order valence-corrected chi connectivity index (χ0v) is 19.1. The minimum absolute atomic E-state index is 0.0383. The van der Waals surface area contributed by atoms with E-state index in [1.54, 1.807) is 54.6 Å². The van der Waals surface area contributed by atoms with Gasteiger partial charge in [-0.3, -0.25) is 9.52 Å². The molecule has 0 aromatic heterocycles. The molecule has 0 saturated carbocycles. The molecule has 0 aliphatic heterocycles. The number of phenolic OH excluding ortho intramolecular Hbond substituents is 1. The predicted octanol–water partition coefficient (Wildman–Crippen LogP) is 6.42. The zero-order chi connectivity index (χ0) is 24.4. The van der Waals surface area contributed by atoms with Crippen molar-refractivity contribution in [2.45, 2.75) is 4.90 Å². The number of hydrogen-bond donors (Lipinski definition) is 2. The number of anilines is 1. The minimum Gasteiger partial charge on any atom is -0.505 e. The molecule has 8 heteroatoms. The van der Waals surface area contributed by atoms with Crippen molar-refractivity contribution in [2.75, 3.05) is 4.72 Å². The van der Waals surface area contributed by atoms with Crippen molar-refractivity contribution in [3.05, 3.63) is 109 Å². The van der Waals surface area contributed by atoms with Crippen LogP contribution in [0.25, 0.3) is 21.5 Å². The monoisotopic (exact) mass is 481 g/mol. The van der Waals surface area contributed by atoms with E-state index in [0.717, 1.165) is 10.8 Å². The number of nitrogens with one attached hydrogen (secondary N) is 1. The van der Waals surface area contributed by atoms with Gasteiger partial charge in [-0.1, -0.05) is 72.8 Å². The van der Waals surface area contributed by atoms with E-state index in [9.17, 15) is 18.3 Å². The third kappa shape index (κ3) is 4.47. The number of fused-ring (bicyclic) bond motifs is 2. The number of carbonyl (C=O) groups is 1. The normalized spacial score (nSPS) is 11.8. The molecule has 0 heterocycles. The number of rotatable bonds is 5. The minimum atomic E-state index is -3.90. The Bertz CT molecular complexity index is 1720. The molecule has 0 radical (unpaired) electrons. The van der Waals surface area contributed by atoms with Crippen molar-refractivity contribution < 1.29 is 18.3 Å². The first-order chi connectivity index (χ1) is 16.9. The lowest BCUT2D eigenvalue weighted by Crippen LogP contribution is -2.13. The summed E-state index contributed by atoms with van der Waals surface area (Å²) in [7, 11) is -3.90. The maximum Gasteiger partial charge on any atom is 0.295 e. The highest BCUT2D eigenvalue weighted by Crippen LogP contribution is 2.40. The second-order valence-electron chi connectivity index (χ2n) is 7.82. The third-order valence-electron chi connectivity index (χ3n) is 5.54. The van der Waals surface area contributed by atoms with Gasteiger partial charge in [0, 0.05) is 16.3 Å². The number of amides is 1. The quantitative estimate of drug-likeness (QED) is 0.223. The molecule has 0 bridgehead atoms. The van der Waals surface area contributed by atoms with E-state index in [1.807, 2.05) is 30.3 Å². The van der Waals surface area contributed by atoms with Crippen LogP contribution < -0.4 is 4.72 Å². The molecule has 7 nitrogen and oxygen atoms in total. The van der Waals surface area contributed by atoms with Gasteiger partial charge < -0.3 is 5.11 Å². The van der Waals surface area contributed by atoms with E-state index in [-0.39, 0.29) is 22.0 Å². The fourth-order valence-electron chi connectivity index (χ4n) is 3.79. The molecule has 35 heavy (non-hydrogen) atoms. The standard InChI is InChI=1S/C27H19N3O4S/c31-26-23-13-7-6-12-22(23)24(30-35(33,34)21-10-2-1-3-11-21)17-25(26)28-29-27(32)20-15-14-18-8-4-5-9-19(18)16-20/h1-17,30-31H. The van der Waals surface area contributed by atoms with Gasteiger partial charge in [0.2, 0.25) is 0 Å². The van der Waals surface area contributed by atoms with Gasteiger partial charge in [0.05, 0.1) is 10.6 Å². The Labute approximate surface area is 201 Å². The number of carbonyl (C=O) groups excluding carboxylic acids is 1. The summed E-state index contributed by atoms with van der Waals surface area (Å²) in [4.78, 5) is 12.8. The number of benzene rings is 5. The van der Waals surface area contributed by atoms with Gasteiger partial charge in [-0.25, -0.2) is 8.42 Å². The van der Waals surface area contributed by atoms with Crippen LogP contribution in [0.5, 0.6) is 5.75 Å². The summed E-state index contributed by atoms with van der Waals surface area (Å²) in [6.07, 6.45) is 0. The zero-order valence-electron chi connectivity index (χ0n) is 18.3. The maximum absolute atomic E-state index is 12.9. The van der Waals surface area contributed by atoms with Crippen LogP contribution in [0.1, 0.15) is 10.4 Å². The summed E-state index contributed by atoms with van der Waals surface area (Å²) in [5, 5.41) is 21.2. The molecule has 5 aromatic rings. The maximum atomic E-state index is 12.9. The fourth-order valence-corrected chi connectivity index (χ4v) is 4.88. The van der Waals surface area contributed by atoms with E-state index in [4.69, 9.17) is 0 Å².